The molecule has 0 unspecified atom stereocenters. The Kier molecular flexibility index (Phi) is 3.13. The number of hydrogen-bond acceptors (Lipinski definition) is 3. The van der Waals surface area contributed by atoms with E-state index in [1.807, 2.05) is 0 Å². The van der Waals surface area contributed by atoms with E-state index in [0.29, 0.717) is 28.3 Å². The van der Waals surface area contributed by atoms with Gasteiger partial charge in [-0.15, -0.1) is 0 Å². The molecule has 2 aromatic carbocycles. The van der Waals surface area contributed by atoms with Crippen LogP contribution < -0.4 is 11.1 Å². The molecule has 0 aliphatic rings. The first-order chi connectivity index (χ1) is 10.1. The van der Waals surface area contributed by atoms with Crippen molar-refractivity contribution in [3.05, 3.63) is 60.0 Å². The fourth-order valence-corrected chi connectivity index (χ4v) is 2.06. The van der Waals surface area contributed by atoms with Gasteiger partial charge in [0, 0.05) is 29.4 Å². The van der Waals surface area contributed by atoms with Crippen molar-refractivity contribution in [2.24, 2.45) is 0 Å². The molecule has 0 atom stereocenters. The van der Waals surface area contributed by atoms with Crippen LogP contribution in [0.15, 0.2) is 42.6 Å². The molecular weight excluding hydrogens is 279 g/mol. The van der Waals surface area contributed by atoms with Gasteiger partial charge in [-0.1, -0.05) is 0 Å². The highest BCUT2D eigenvalue weighted by molar-refractivity contribution is 5.99. The van der Waals surface area contributed by atoms with Crippen LogP contribution in [0.3, 0.4) is 0 Å². The van der Waals surface area contributed by atoms with Crippen molar-refractivity contribution in [3.63, 3.8) is 0 Å². The molecule has 0 saturated heterocycles. The molecule has 1 heterocycles. The fourth-order valence-electron chi connectivity index (χ4n) is 2.06. The topological polar surface area (TPSA) is 50.9 Å². The van der Waals surface area contributed by atoms with E-state index in [9.17, 15) is 13.2 Å². The van der Waals surface area contributed by atoms with E-state index in [4.69, 9.17) is 5.73 Å². The lowest BCUT2D eigenvalue weighted by Gasteiger charge is -2.11. The third-order valence-electron chi connectivity index (χ3n) is 3.08. The van der Waals surface area contributed by atoms with Gasteiger partial charge in [0.15, 0.2) is 11.6 Å². The van der Waals surface area contributed by atoms with Gasteiger partial charge in [-0.2, -0.15) is 0 Å². The van der Waals surface area contributed by atoms with Gasteiger partial charge < -0.3 is 11.1 Å². The number of nitrogens with zero attached hydrogens (tertiary/aromatic N) is 1. The van der Waals surface area contributed by atoms with Gasteiger partial charge in [0.1, 0.15) is 5.82 Å². The van der Waals surface area contributed by atoms with Crippen LogP contribution in [0.25, 0.3) is 10.9 Å². The highest BCUT2D eigenvalue weighted by Gasteiger charge is 2.12. The van der Waals surface area contributed by atoms with Crippen molar-refractivity contribution in [2.45, 2.75) is 0 Å². The van der Waals surface area contributed by atoms with Crippen LogP contribution in [0.5, 0.6) is 0 Å². The monoisotopic (exact) mass is 289 g/mol. The van der Waals surface area contributed by atoms with Crippen molar-refractivity contribution >= 4 is 28.0 Å². The Hall–Kier alpha value is -2.76. The number of pyridine rings is 1. The highest BCUT2D eigenvalue weighted by Crippen LogP contribution is 2.30. The third-order valence-corrected chi connectivity index (χ3v) is 3.08. The average molecular weight is 289 g/mol. The zero-order chi connectivity index (χ0) is 15.0. The maximum atomic E-state index is 13.7. The predicted molar refractivity (Wildman–Crippen MR) is 75.8 cm³/mol. The molecule has 3 nitrogen and oxygen atoms in total. The summed E-state index contributed by atoms with van der Waals surface area (Å²) < 4.78 is 39.8. The molecule has 0 fully saturated rings. The summed E-state index contributed by atoms with van der Waals surface area (Å²) in [5.74, 6) is -3.26. The number of aromatic nitrogens is 1. The molecule has 0 aliphatic heterocycles. The number of hydrogen-bond donors (Lipinski definition) is 2. The predicted octanol–water partition coefficient (Wildman–Crippen LogP) is 3.98. The minimum Gasteiger partial charge on any atom is -0.398 e. The number of rotatable bonds is 2. The Morgan fingerprint density at radius 3 is 2.48 bits per heavy atom. The number of anilines is 3. The lowest BCUT2D eigenvalue weighted by Crippen LogP contribution is -1.99. The molecule has 1 aromatic heterocycles. The van der Waals surface area contributed by atoms with Crippen molar-refractivity contribution in [3.8, 4) is 0 Å². The van der Waals surface area contributed by atoms with Gasteiger partial charge in [0.2, 0.25) is 0 Å². The second-order valence-electron chi connectivity index (χ2n) is 4.47. The van der Waals surface area contributed by atoms with E-state index in [0.717, 1.165) is 6.07 Å². The summed E-state index contributed by atoms with van der Waals surface area (Å²) in [6.45, 7) is 0. The van der Waals surface area contributed by atoms with Gasteiger partial charge in [0.05, 0.1) is 16.9 Å². The van der Waals surface area contributed by atoms with Gasteiger partial charge >= 0.3 is 0 Å². The minimum atomic E-state index is -1.24. The molecular formula is C15H10F3N3. The van der Waals surface area contributed by atoms with Gasteiger partial charge in [0.25, 0.3) is 0 Å². The van der Waals surface area contributed by atoms with Crippen LogP contribution in [0.2, 0.25) is 0 Å². The summed E-state index contributed by atoms with van der Waals surface area (Å²) in [6, 6.07) is 7.97. The smallest absolute Gasteiger partial charge is 0.161 e. The SMILES string of the molecule is Nc1ccc(Nc2cc(F)c(F)cc2F)c2ncccc12. The maximum Gasteiger partial charge on any atom is 0.161 e. The fraction of sp³-hybridized carbons (Fsp3) is 0. The number of halogens is 3. The summed E-state index contributed by atoms with van der Waals surface area (Å²) in [4.78, 5) is 4.18. The van der Waals surface area contributed by atoms with Crippen LogP contribution in [0.1, 0.15) is 0 Å². The Labute approximate surface area is 118 Å². The zero-order valence-corrected chi connectivity index (χ0v) is 10.7. The molecule has 3 rings (SSSR count). The van der Waals surface area contributed by atoms with Crippen LogP contribution >= 0.6 is 0 Å². The average Bonchev–Trinajstić information content (AvgIpc) is 2.48. The summed E-state index contributed by atoms with van der Waals surface area (Å²) in [5.41, 5.74) is 7.15. The molecule has 0 bridgehead atoms. The number of nitrogens with two attached hydrogens (primary N) is 1. The summed E-state index contributed by atoms with van der Waals surface area (Å²) >= 11 is 0. The first kappa shape index (κ1) is 13.2. The Bertz CT molecular complexity index is 834. The van der Waals surface area contributed by atoms with E-state index in [-0.39, 0.29) is 5.69 Å². The molecule has 6 heteroatoms. The van der Waals surface area contributed by atoms with Gasteiger partial charge in [-0.25, -0.2) is 13.2 Å². The van der Waals surface area contributed by atoms with Crippen LogP contribution in [0, 0.1) is 17.5 Å². The zero-order valence-electron chi connectivity index (χ0n) is 10.7. The van der Waals surface area contributed by atoms with E-state index in [1.54, 1.807) is 30.5 Å². The van der Waals surface area contributed by atoms with E-state index < -0.39 is 17.5 Å². The summed E-state index contributed by atoms with van der Waals surface area (Å²) in [7, 11) is 0. The van der Waals surface area contributed by atoms with Crippen molar-refractivity contribution in [2.75, 3.05) is 11.1 Å². The maximum absolute atomic E-state index is 13.7. The summed E-state index contributed by atoms with van der Waals surface area (Å²) in [5, 5.41) is 3.40. The first-order valence-corrected chi connectivity index (χ1v) is 6.11. The molecule has 0 amide bonds. The minimum absolute atomic E-state index is 0.175. The van der Waals surface area contributed by atoms with Crippen molar-refractivity contribution in [1.29, 1.82) is 0 Å². The van der Waals surface area contributed by atoms with Crippen LogP contribution in [-0.2, 0) is 0 Å². The molecule has 0 aliphatic carbocycles. The van der Waals surface area contributed by atoms with Gasteiger partial charge in [-0.05, 0) is 24.3 Å². The highest BCUT2D eigenvalue weighted by atomic mass is 19.2. The largest absolute Gasteiger partial charge is 0.398 e. The van der Waals surface area contributed by atoms with Crippen LogP contribution in [0.4, 0.5) is 30.2 Å². The normalized spacial score (nSPS) is 10.8. The van der Waals surface area contributed by atoms with E-state index in [2.05, 4.69) is 10.3 Å². The van der Waals surface area contributed by atoms with Crippen molar-refractivity contribution in [1.82, 2.24) is 4.98 Å². The summed E-state index contributed by atoms with van der Waals surface area (Å²) in [6.07, 6.45) is 1.56. The lowest BCUT2D eigenvalue weighted by molar-refractivity contribution is 0.496. The van der Waals surface area contributed by atoms with Crippen molar-refractivity contribution < 1.29 is 13.2 Å². The number of nitrogen functional groups attached to an aromatic ring is 1. The standard InChI is InChI=1S/C15H10F3N3/c16-9-6-11(18)14(7-10(9)17)21-13-4-3-12(19)8-2-1-5-20-15(8)13/h1-7,21H,19H2. The lowest BCUT2D eigenvalue weighted by atomic mass is 10.1. The molecule has 3 N–H and O–H groups in total. The number of nitrogens with one attached hydrogen (secondary N) is 1. The molecule has 0 spiro atoms. The quantitative estimate of drug-likeness (QED) is 0.554. The van der Waals surface area contributed by atoms with Crippen LogP contribution in [-0.4, -0.2) is 4.98 Å². The Morgan fingerprint density at radius 1 is 0.905 bits per heavy atom. The molecule has 0 saturated carbocycles. The third kappa shape index (κ3) is 2.35. The second kappa shape index (κ2) is 4.97. The molecule has 0 radical (unpaired) electrons. The molecule has 106 valence electrons. The first-order valence-electron chi connectivity index (χ1n) is 6.11. The molecule has 21 heavy (non-hydrogen) atoms. The Balaban J connectivity index is 2.11. The second-order valence-corrected chi connectivity index (χ2v) is 4.47. The molecule has 3 aromatic rings. The van der Waals surface area contributed by atoms with E-state index in [1.165, 1.54) is 0 Å². The number of benzene rings is 2. The Morgan fingerprint density at radius 2 is 1.67 bits per heavy atom. The number of fused-ring (bicyclic) bond motifs is 1. The van der Waals surface area contributed by atoms with Gasteiger partial charge in [-0.3, -0.25) is 4.98 Å². The van der Waals surface area contributed by atoms with E-state index >= 15 is 0 Å².